The molecule has 0 atom stereocenters. The summed E-state index contributed by atoms with van der Waals surface area (Å²) in [6.45, 7) is 2.37. The smallest absolute Gasteiger partial charge is 0.348 e. The summed E-state index contributed by atoms with van der Waals surface area (Å²) in [6.07, 6.45) is 3.02. The van der Waals surface area contributed by atoms with Gasteiger partial charge in [-0.15, -0.1) is 0 Å². The maximum Gasteiger partial charge on any atom is 0.348 e. The average molecular weight is 549 g/mol. The van der Waals surface area contributed by atoms with E-state index in [1.807, 2.05) is 37.3 Å². The van der Waals surface area contributed by atoms with Crippen molar-refractivity contribution < 1.29 is 33.0 Å². The van der Waals surface area contributed by atoms with Crippen LogP contribution in [0.2, 0.25) is 0 Å². The number of carbonyl (C=O) groups is 2. The zero-order chi connectivity index (χ0) is 28.8. The van der Waals surface area contributed by atoms with Crippen LogP contribution in [0.25, 0.3) is 28.4 Å². The Labute approximate surface area is 237 Å². The molecular weight excluding hydrogens is 520 g/mol. The van der Waals surface area contributed by atoms with E-state index in [9.17, 15) is 9.59 Å². The Morgan fingerprint density at radius 1 is 0.805 bits per heavy atom. The number of hydrogen-bond acceptors (Lipinski definition) is 7. The van der Waals surface area contributed by atoms with Gasteiger partial charge in [0.1, 0.15) is 39.9 Å². The van der Waals surface area contributed by atoms with Crippen LogP contribution in [0.15, 0.2) is 101 Å². The molecular formula is C34H28O7. The van der Waals surface area contributed by atoms with E-state index in [2.05, 4.69) is 0 Å². The van der Waals surface area contributed by atoms with E-state index < -0.39 is 5.97 Å². The van der Waals surface area contributed by atoms with Crippen LogP contribution in [0.3, 0.4) is 0 Å². The highest BCUT2D eigenvalue weighted by atomic mass is 16.5. The SMILES string of the molecule is CCOc1ccc2oc(-c3ccccc3)c(C(=O)Oc3ccccc3/C=C/C(=O)c3ccc(OC)cc3OC)c2c1. The molecule has 5 aromatic rings. The Kier molecular flexibility index (Phi) is 8.15. The Bertz CT molecular complexity index is 1730. The molecule has 0 aliphatic rings. The third-order valence-corrected chi connectivity index (χ3v) is 6.42. The van der Waals surface area contributed by atoms with Gasteiger partial charge in [-0.2, -0.15) is 0 Å². The molecule has 0 aliphatic heterocycles. The van der Waals surface area contributed by atoms with E-state index in [1.165, 1.54) is 13.2 Å². The monoisotopic (exact) mass is 548 g/mol. The van der Waals surface area contributed by atoms with Crippen LogP contribution in [-0.2, 0) is 0 Å². The second-order valence-corrected chi connectivity index (χ2v) is 8.95. The Balaban J connectivity index is 1.49. The molecule has 0 fully saturated rings. The number of methoxy groups -OCH3 is 2. The first kappa shape index (κ1) is 27.3. The van der Waals surface area contributed by atoms with Crippen molar-refractivity contribution in [3.05, 3.63) is 114 Å². The number of esters is 1. The second-order valence-electron chi connectivity index (χ2n) is 8.95. The molecule has 41 heavy (non-hydrogen) atoms. The lowest BCUT2D eigenvalue weighted by molar-refractivity contribution is 0.0736. The molecule has 0 saturated heterocycles. The van der Waals surface area contributed by atoms with Crippen molar-refractivity contribution in [2.45, 2.75) is 6.92 Å². The highest BCUT2D eigenvalue weighted by molar-refractivity contribution is 6.10. The topological polar surface area (TPSA) is 84.2 Å². The van der Waals surface area contributed by atoms with Crippen molar-refractivity contribution in [3.63, 3.8) is 0 Å². The van der Waals surface area contributed by atoms with E-state index in [0.29, 0.717) is 51.7 Å². The van der Waals surface area contributed by atoms with E-state index in [1.54, 1.807) is 73.8 Å². The quantitative estimate of drug-likeness (QED) is 0.0768. The molecule has 0 spiro atoms. The summed E-state index contributed by atoms with van der Waals surface area (Å²) in [7, 11) is 3.03. The van der Waals surface area contributed by atoms with Crippen molar-refractivity contribution >= 4 is 28.8 Å². The fourth-order valence-electron chi connectivity index (χ4n) is 4.45. The van der Waals surface area contributed by atoms with Crippen LogP contribution in [0.1, 0.15) is 33.2 Å². The molecule has 0 unspecified atom stereocenters. The Morgan fingerprint density at radius 2 is 1.56 bits per heavy atom. The molecule has 0 aliphatic carbocycles. The molecule has 1 aromatic heterocycles. The number of fused-ring (bicyclic) bond motifs is 1. The van der Waals surface area contributed by atoms with Crippen molar-refractivity contribution in [1.82, 2.24) is 0 Å². The van der Waals surface area contributed by atoms with Gasteiger partial charge in [-0.1, -0.05) is 48.5 Å². The second kappa shape index (κ2) is 12.3. The number of para-hydroxylation sites is 1. The van der Waals surface area contributed by atoms with Crippen LogP contribution in [0.4, 0.5) is 0 Å². The van der Waals surface area contributed by atoms with Gasteiger partial charge in [0.05, 0.1) is 26.4 Å². The van der Waals surface area contributed by atoms with Crippen LogP contribution in [0, 0.1) is 0 Å². The predicted octanol–water partition coefficient (Wildman–Crippen LogP) is 7.63. The summed E-state index contributed by atoms with van der Waals surface area (Å²) in [6, 6.07) is 26.7. The fourth-order valence-corrected chi connectivity index (χ4v) is 4.45. The molecule has 4 aromatic carbocycles. The van der Waals surface area contributed by atoms with Gasteiger partial charge in [0.15, 0.2) is 5.78 Å². The molecule has 7 heteroatoms. The molecule has 0 amide bonds. The number of benzene rings is 4. The number of ketones is 1. The van der Waals surface area contributed by atoms with Crippen LogP contribution in [0.5, 0.6) is 23.0 Å². The highest BCUT2D eigenvalue weighted by Crippen LogP contribution is 2.37. The third kappa shape index (κ3) is 5.84. The maximum absolute atomic E-state index is 13.8. The van der Waals surface area contributed by atoms with Crippen molar-refractivity contribution in [3.8, 4) is 34.3 Å². The molecule has 5 rings (SSSR count). The Hall–Kier alpha value is -5.30. The average Bonchev–Trinajstić information content (AvgIpc) is 3.40. The molecule has 206 valence electrons. The minimum absolute atomic E-state index is 0.277. The van der Waals surface area contributed by atoms with Crippen LogP contribution >= 0.6 is 0 Å². The standard InChI is InChI=1S/C34H28O7/c1-4-39-25-16-19-30-27(20-25)32(33(40-30)23-11-6-5-7-12-23)34(36)41-29-13-9-8-10-22(29)14-18-28(35)26-17-15-24(37-2)21-31(26)38-3/h5-21H,4H2,1-3H3/b18-14+. The van der Waals surface area contributed by atoms with Gasteiger partial charge in [-0.3, -0.25) is 4.79 Å². The summed E-state index contributed by atoms with van der Waals surface area (Å²) >= 11 is 0. The molecule has 0 bridgehead atoms. The van der Waals surface area contributed by atoms with Gasteiger partial charge in [0.2, 0.25) is 0 Å². The van der Waals surface area contributed by atoms with Gasteiger partial charge < -0.3 is 23.4 Å². The third-order valence-electron chi connectivity index (χ3n) is 6.42. The normalized spacial score (nSPS) is 11.0. The lowest BCUT2D eigenvalue weighted by Gasteiger charge is -2.09. The largest absolute Gasteiger partial charge is 0.497 e. The fraction of sp³-hybridized carbons (Fsp3) is 0.118. The van der Waals surface area contributed by atoms with Crippen molar-refractivity contribution in [2.75, 3.05) is 20.8 Å². The van der Waals surface area contributed by atoms with Crippen LogP contribution in [-0.4, -0.2) is 32.6 Å². The first-order valence-electron chi connectivity index (χ1n) is 13.0. The first-order valence-corrected chi connectivity index (χ1v) is 13.0. The van der Waals surface area contributed by atoms with E-state index in [-0.39, 0.29) is 17.1 Å². The van der Waals surface area contributed by atoms with Crippen molar-refractivity contribution in [2.24, 2.45) is 0 Å². The lowest BCUT2D eigenvalue weighted by atomic mass is 10.1. The summed E-state index contributed by atoms with van der Waals surface area (Å²) in [5.74, 6) is 1.40. The van der Waals surface area contributed by atoms with E-state index >= 15 is 0 Å². The predicted molar refractivity (Wildman–Crippen MR) is 157 cm³/mol. The highest BCUT2D eigenvalue weighted by Gasteiger charge is 2.25. The molecule has 0 N–H and O–H groups in total. The number of hydrogen-bond donors (Lipinski definition) is 0. The lowest BCUT2D eigenvalue weighted by Crippen LogP contribution is -2.10. The van der Waals surface area contributed by atoms with Gasteiger partial charge in [-0.05, 0) is 55.5 Å². The first-order chi connectivity index (χ1) is 20.0. The van der Waals surface area contributed by atoms with E-state index in [0.717, 1.165) is 5.56 Å². The molecule has 0 saturated carbocycles. The van der Waals surface area contributed by atoms with Gasteiger partial charge in [-0.25, -0.2) is 4.79 Å². The van der Waals surface area contributed by atoms with Crippen LogP contribution < -0.4 is 18.9 Å². The summed E-state index contributed by atoms with van der Waals surface area (Å²) in [5, 5.41) is 0.578. The summed E-state index contributed by atoms with van der Waals surface area (Å²) in [5.41, 5.74) is 2.48. The minimum atomic E-state index is -0.597. The number of ether oxygens (including phenoxy) is 4. The van der Waals surface area contributed by atoms with Gasteiger partial charge in [0.25, 0.3) is 0 Å². The van der Waals surface area contributed by atoms with Gasteiger partial charge in [0, 0.05) is 22.6 Å². The van der Waals surface area contributed by atoms with Crippen molar-refractivity contribution in [1.29, 1.82) is 0 Å². The summed E-state index contributed by atoms with van der Waals surface area (Å²) in [4.78, 5) is 26.8. The minimum Gasteiger partial charge on any atom is -0.497 e. The molecule has 1 heterocycles. The number of allylic oxidation sites excluding steroid dienone is 1. The Morgan fingerprint density at radius 3 is 2.32 bits per heavy atom. The molecule has 7 nitrogen and oxygen atoms in total. The maximum atomic E-state index is 13.8. The zero-order valence-electron chi connectivity index (χ0n) is 22.9. The van der Waals surface area contributed by atoms with Gasteiger partial charge >= 0.3 is 5.97 Å². The number of rotatable bonds is 10. The number of furan rings is 1. The zero-order valence-corrected chi connectivity index (χ0v) is 22.9. The summed E-state index contributed by atoms with van der Waals surface area (Å²) < 4.78 is 28.3. The van der Waals surface area contributed by atoms with E-state index in [4.69, 9.17) is 23.4 Å². The number of carbonyl (C=O) groups excluding carboxylic acids is 2. The molecule has 0 radical (unpaired) electrons.